The molecule has 0 aliphatic heterocycles. The van der Waals surface area contributed by atoms with Crippen LogP contribution in [-0.4, -0.2) is 0 Å². The summed E-state index contributed by atoms with van der Waals surface area (Å²) in [7, 11) is 0. The molecule has 1 rings (SSSR count). The Morgan fingerprint density at radius 3 is 1.85 bits per heavy atom. The molecule has 3 heteroatoms. The molecule has 0 spiro atoms. The number of allylic oxidation sites excluding steroid dienone is 4. The fraction of sp³-hybridized carbons (Fsp3) is 0.765. The van der Waals surface area contributed by atoms with Crippen molar-refractivity contribution in [2.45, 2.75) is 85.0 Å². The Morgan fingerprint density at radius 2 is 1.30 bits per heavy atom. The van der Waals surface area contributed by atoms with Gasteiger partial charge in [0.05, 0.1) is 0 Å². The Kier molecular flexibility index (Phi) is 21.1. The van der Waals surface area contributed by atoms with Crippen molar-refractivity contribution in [3.05, 3.63) is 22.8 Å². The topological polar surface area (TPSA) is 0 Å². The third-order valence-electron chi connectivity index (χ3n) is 3.70. The molecule has 0 nitrogen and oxygen atoms in total. The Balaban J connectivity index is -0.000000963. The molecule has 0 bridgehead atoms. The molecule has 0 fully saturated rings. The molecule has 0 unspecified atom stereocenters. The van der Waals surface area contributed by atoms with Gasteiger partial charge in [-0.2, -0.15) is 11.1 Å². The van der Waals surface area contributed by atoms with Gasteiger partial charge in [-0.25, -0.2) is 5.57 Å². The van der Waals surface area contributed by atoms with E-state index in [-0.39, 0.29) is 51.0 Å². The van der Waals surface area contributed by atoms with Gasteiger partial charge in [0.2, 0.25) is 0 Å². The number of rotatable bonds is 9. The van der Waals surface area contributed by atoms with Gasteiger partial charge in [0.1, 0.15) is 0 Å². The molecule has 0 atom stereocenters. The Hall–Kier alpha value is 0.943. The second kappa shape index (κ2) is 16.3. The van der Waals surface area contributed by atoms with Crippen LogP contribution in [0.4, 0.5) is 0 Å². The SMILES string of the molecule is CCCCC1=[C-]CC(CCCC)=C1CCCC.[Cl-].[Cl-].[Zr+3]. The maximum Gasteiger partial charge on any atom is 3.00 e. The predicted molar refractivity (Wildman–Crippen MR) is 77.0 cm³/mol. The molecule has 0 saturated heterocycles. The zero-order valence-corrected chi connectivity index (χ0v) is 17.3. The van der Waals surface area contributed by atoms with Gasteiger partial charge < -0.3 is 24.8 Å². The summed E-state index contributed by atoms with van der Waals surface area (Å²) in [5, 5.41) is 0. The van der Waals surface area contributed by atoms with E-state index in [1.54, 1.807) is 16.7 Å². The molecule has 0 aromatic heterocycles. The Morgan fingerprint density at radius 1 is 0.800 bits per heavy atom. The summed E-state index contributed by atoms with van der Waals surface area (Å²) in [6.07, 6.45) is 16.6. The number of halogens is 2. The van der Waals surface area contributed by atoms with Crippen LogP contribution in [0, 0.1) is 6.08 Å². The number of hydrogen-bond donors (Lipinski definition) is 0. The summed E-state index contributed by atoms with van der Waals surface area (Å²) < 4.78 is 0. The van der Waals surface area contributed by atoms with Gasteiger partial charge in [0, 0.05) is 0 Å². The second-order valence-corrected chi connectivity index (χ2v) is 5.22. The van der Waals surface area contributed by atoms with Crippen molar-refractivity contribution >= 4 is 0 Å². The van der Waals surface area contributed by atoms with Crippen LogP contribution >= 0.6 is 0 Å². The molecule has 115 valence electrons. The first-order valence-electron chi connectivity index (χ1n) is 7.64. The third kappa shape index (κ3) is 9.06. The summed E-state index contributed by atoms with van der Waals surface area (Å²) >= 11 is 0. The fourth-order valence-corrected chi connectivity index (χ4v) is 2.54. The normalized spacial score (nSPS) is 13.2. The van der Waals surface area contributed by atoms with Crippen molar-refractivity contribution in [1.29, 1.82) is 0 Å². The molecule has 0 N–H and O–H groups in total. The molecule has 0 saturated carbocycles. The van der Waals surface area contributed by atoms with Gasteiger partial charge in [0.15, 0.2) is 0 Å². The molecule has 20 heavy (non-hydrogen) atoms. The fourth-order valence-electron chi connectivity index (χ4n) is 2.54. The molecule has 0 aromatic rings. The average Bonchev–Trinajstić information content (AvgIpc) is 2.73. The van der Waals surface area contributed by atoms with Crippen LogP contribution in [0.15, 0.2) is 16.7 Å². The van der Waals surface area contributed by atoms with Crippen molar-refractivity contribution in [2.75, 3.05) is 0 Å². The first-order valence-corrected chi connectivity index (χ1v) is 7.64. The quantitative estimate of drug-likeness (QED) is 0.482. The van der Waals surface area contributed by atoms with E-state index >= 15 is 0 Å². The predicted octanol–water partition coefficient (Wildman–Crippen LogP) is -0.00761. The molecule has 0 aromatic carbocycles. The molecular formula is C17H29Cl2Zr. The summed E-state index contributed by atoms with van der Waals surface area (Å²) in [6.45, 7) is 6.86. The van der Waals surface area contributed by atoms with Crippen LogP contribution in [0.3, 0.4) is 0 Å². The molecule has 1 aliphatic rings. The smallest absolute Gasteiger partial charge is 1.00 e. The maximum atomic E-state index is 3.65. The zero-order chi connectivity index (χ0) is 12.5. The summed E-state index contributed by atoms with van der Waals surface area (Å²) in [6, 6.07) is 0. The summed E-state index contributed by atoms with van der Waals surface area (Å²) in [5.41, 5.74) is 4.99. The van der Waals surface area contributed by atoms with E-state index in [9.17, 15) is 0 Å². The van der Waals surface area contributed by atoms with Gasteiger partial charge in [-0.1, -0.05) is 72.1 Å². The van der Waals surface area contributed by atoms with Crippen LogP contribution < -0.4 is 24.8 Å². The largest absolute Gasteiger partial charge is 3.00 e. The molecule has 1 radical (unpaired) electrons. The van der Waals surface area contributed by atoms with E-state index < -0.39 is 0 Å². The van der Waals surface area contributed by atoms with Crippen LogP contribution in [0.1, 0.15) is 85.0 Å². The molecular weight excluding hydrogens is 366 g/mol. The van der Waals surface area contributed by atoms with E-state index in [1.807, 2.05) is 0 Å². The maximum absolute atomic E-state index is 3.65. The summed E-state index contributed by atoms with van der Waals surface area (Å²) in [4.78, 5) is 0. The Bertz CT molecular complexity index is 283. The van der Waals surface area contributed by atoms with Crippen LogP contribution in [0.25, 0.3) is 0 Å². The van der Waals surface area contributed by atoms with E-state index in [0.29, 0.717) is 0 Å². The van der Waals surface area contributed by atoms with E-state index in [4.69, 9.17) is 0 Å². The van der Waals surface area contributed by atoms with E-state index in [0.717, 1.165) is 6.42 Å². The third-order valence-corrected chi connectivity index (χ3v) is 3.70. The standard InChI is InChI=1S/C17H29.2ClH.Zr/c1-4-7-10-15-13-14-16(11-8-5-2)17(15)12-9-6-3;;;/h4-13H2,1-3H3;2*1H;/q-1;;;+3/p-2. The van der Waals surface area contributed by atoms with Crippen molar-refractivity contribution in [3.8, 4) is 0 Å². The number of unbranched alkanes of at least 4 members (excludes halogenated alkanes) is 3. The van der Waals surface area contributed by atoms with Crippen molar-refractivity contribution in [3.63, 3.8) is 0 Å². The first kappa shape index (κ1) is 25.9. The minimum absolute atomic E-state index is 0. The van der Waals surface area contributed by atoms with Crippen LogP contribution in [-0.2, 0) is 26.2 Å². The van der Waals surface area contributed by atoms with Crippen LogP contribution in [0.2, 0.25) is 0 Å². The molecule has 0 amide bonds. The van der Waals surface area contributed by atoms with Crippen molar-refractivity contribution in [1.82, 2.24) is 0 Å². The van der Waals surface area contributed by atoms with Crippen LogP contribution in [0.5, 0.6) is 0 Å². The van der Waals surface area contributed by atoms with Crippen molar-refractivity contribution in [2.24, 2.45) is 0 Å². The minimum atomic E-state index is 0. The first-order chi connectivity index (χ1) is 8.33. The molecule has 1 aliphatic carbocycles. The zero-order valence-electron chi connectivity index (χ0n) is 13.3. The van der Waals surface area contributed by atoms with Gasteiger partial charge in [-0.15, -0.1) is 6.42 Å². The number of hydrogen-bond acceptors (Lipinski definition) is 0. The van der Waals surface area contributed by atoms with Gasteiger partial charge in [-0.05, 0) is 6.42 Å². The van der Waals surface area contributed by atoms with Gasteiger partial charge >= 0.3 is 26.2 Å². The van der Waals surface area contributed by atoms with E-state index in [1.165, 1.54) is 57.8 Å². The summed E-state index contributed by atoms with van der Waals surface area (Å²) in [5.74, 6) is 0. The monoisotopic (exact) mass is 393 g/mol. The second-order valence-electron chi connectivity index (χ2n) is 5.22. The van der Waals surface area contributed by atoms with Gasteiger partial charge in [0.25, 0.3) is 0 Å². The minimum Gasteiger partial charge on any atom is -1.00 e. The van der Waals surface area contributed by atoms with Gasteiger partial charge in [-0.3, -0.25) is 6.08 Å². The van der Waals surface area contributed by atoms with E-state index in [2.05, 4.69) is 26.8 Å². The molecule has 0 heterocycles. The van der Waals surface area contributed by atoms with Crippen molar-refractivity contribution < 1.29 is 51.0 Å². The average molecular weight is 396 g/mol. The Labute approximate surface area is 158 Å².